The van der Waals surface area contributed by atoms with Crippen LogP contribution in [0.15, 0.2) is 30.3 Å². The molecule has 13 heavy (non-hydrogen) atoms. The van der Waals surface area contributed by atoms with Crippen LogP contribution >= 0.6 is 35.8 Å². The van der Waals surface area contributed by atoms with Crippen LogP contribution in [0.4, 0.5) is 0 Å². The summed E-state index contributed by atoms with van der Waals surface area (Å²) in [4.78, 5) is 10.9. The molecule has 0 fully saturated rings. The van der Waals surface area contributed by atoms with E-state index in [1.807, 2.05) is 30.3 Å². The molecule has 0 bridgehead atoms. The van der Waals surface area contributed by atoms with Crippen molar-refractivity contribution >= 4 is 40.9 Å². The first-order valence-corrected chi connectivity index (χ1v) is 4.88. The summed E-state index contributed by atoms with van der Waals surface area (Å²) in [5.74, 6) is 0. The number of carbonyl (C=O) groups excluding carboxylic acids is 1. The molecule has 1 rings (SSSR count). The lowest BCUT2D eigenvalue weighted by molar-refractivity contribution is -0.111. The molecule has 0 unspecified atom stereocenters. The molecule has 0 radical (unpaired) electrons. The molecule has 0 saturated carbocycles. The zero-order valence-corrected chi connectivity index (χ0v) is 9.11. The van der Waals surface area contributed by atoms with Crippen molar-refractivity contribution in [2.75, 3.05) is 0 Å². The highest BCUT2D eigenvalue weighted by Crippen LogP contribution is 2.28. The van der Waals surface area contributed by atoms with E-state index in [9.17, 15) is 4.79 Å². The highest BCUT2D eigenvalue weighted by Gasteiger charge is 2.30. The van der Waals surface area contributed by atoms with E-state index in [0.717, 1.165) is 5.56 Å². The molecule has 4 heteroatoms. The van der Waals surface area contributed by atoms with Crippen LogP contribution in [0.25, 0.3) is 0 Å². The van der Waals surface area contributed by atoms with Crippen LogP contribution in [0, 0.1) is 0 Å². The SMILES string of the molecule is O=C(S)C(Cl)(Cl)Cc1ccccc1. The molecule has 1 aromatic rings. The molecule has 0 saturated heterocycles. The number of hydrogen-bond acceptors (Lipinski definition) is 1. The van der Waals surface area contributed by atoms with Gasteiger partial charge in [-0.25, -0.2) is 0 Å². The lowest BCUT2D eigenvalue weighted by Gasteiger charge is -2.14. The molecule has 0 aliphatic heterocycles. The fraction of sp³-hybridized carbons (Fsp3) is 0.222. The van der Waals surface area contributed by atoms with E-state index in [4.69, 9.17) is 23.2 Å². The Hall–Kier alpha value is -0.180. The first kappa shape index (κ1) is 10.9. The fourth-order valence-electron chi connectivity index (χ4n) is 0.928. The summed E-state index contributed by atoms with van der Waals surface area (Å²) in [7, 11) is 0. The Labute approximate surface area is 92.4 Å². The standard InChI is InChI=1S/C9H8Cl2OS/c10-9(11,8(12)13)6-7-4-2-1-3-5-7/h1-5H,6H2,(H,12,13). The number of alkyl halides is 2. The Morgan fingerprint density at radius 3 is 2.31 bits per heavy atom. The Morgan fingerprint density at radius 1 is 1.31 bits per heavy atom. The Balaban J connectivity index is 2.75. The van der Waals surface area contributed by atoms with E-state index in [1.54, 1.807) is 0 Å². The molecular formula is C9H8Cl2OS. The summed E-state index contributed by atoms with van der Waals surface area (Å²) >= 11 is 15.1. The normalized spacial score (nSPS) is 11.3. The second-order valence-corrected chi connectivity index (χ2v) is 4.56. The van der Waals surface area contributed by atoms with Crippen molar-refractivity contribution in [3.63, 3.8) is 0 Å². The maximum atomic E-state index is 10.9. The van der Waals surface area contributed by atoms with Gasteiger partial charge in [0.15, 0.2) is 4.33 Å². The Bertz CT molecular complexity index is 298. The van der Waals surface area contributed by atoms with Crippen LogP contribution in [0.5, 0.6) is 0 Å². The van der Waals surface area contributed by atoms with E-state index in [-0.39, 0.29) is 6.42 Å². The van der Waals surface area contributed by atoms with Gasteiger partial charge in [-0.2, -0.15) is 0 Å². The first-order valence-electron chi connectivity index (χ1n) is 3.67. The van der Waals surface area contributed by atoms with Gasteiger partial charge in [-0.3, -0.25) is 4.79 Å². The zero-order valence-electron chi connectivity index (χ0n) is 6.71. The third-order valence-corrected chi connectivity index (χ3v) is 2.84. The van der Waals surface area contributed by atoms with Crippen molar-refractivity contribution in [3.8, 4) is 0 Å². The van der Waals surface area contributed by atoms with Crippen LogP contribution in [0.3, 0.4) is 0 Å². The summed E-state index contributed by atoms with van der Waals surface area (Å²) in [5, 5.41) is -0.528. The predicted octanol–water partition coefficient (Wildman–Crippen LogP) is 2.86. The minimum absolute atomic E-state index is 0.277. The number of thiol groups is 1. The topological polar surface area (TPSA) is 17.1 Å². The maximum absolute atomic E-state index is 10.9. The average Bonchev–Trinajstić information content (AvgIpc) is 2.05. The molecule has 0 aliphatic rings. The van der Waals surface area contributed by atoms with E-state index >= 15 is 0 Å². The minimum Gasteiger partial charge on any atom is -0.284 e. The smallest absolute Gasteiger partial charge is 0.222 e. The summed E-state index contributed by atoms with van der Waals surface area (Å²) < 4.78 is -1.43. The maximum Gasteiger partial charge on any atom is 0.222 e. The van der Waals surface area contributed by atoms with Gasteiger partial charge in [0.1, 0.15) is 0 Å². The van der Waals surface area contributed by atoms with Crippen LogP contribution < -0.4 is 0 Å². The molecule has 70 valence electrons. The van der Waals surface area contributed by atoms with Gasteiger partial charge in [-0.05, 0) is 5.56 Å². The van der Waals surface area contributed by atoms with E-state index in [2.05, 4.69) is 12.6 Å². The number of halogens is 2. The number of carbonyl (C=O) groups is 1. The first-order chi connectivity index (χ1) is 6.02. The van der Waals surface area contributed by atoms with E-state index in [1.165, 1.54) is 0 Å². The number of rotatable bonds is 3. The second kappa shape index (κ2) is 4.36. The molecule has 0 aliphatic carbocycles. The zero-order chi connectivity index (χ0) is 9.90. The van der Waals surface area contributed by atoms with Gasteiger partial charge in [0.25, 0.3) is 0 Å². The summed E-state index contributed by atoms with van der Waals surface area (Å²) in [6.07, 6.45) is 0.277. The minimum atomic E-state index is -1.43. The summed E-state index contributed by atoms with van der Waals surface area (Å²) in [6, 6.07) is 9.33. The van der Waals surface area contributed by atoms with Crippen molar-refractivity contribution in [3.05, 3.63) is 35.9 Å². The van der Waals surface area contributed by atoms with Gasteiger partial charge in [-0.1, -0.05) is 53.5 Å². The van der Waals surface area contributed by atoms with Crippen LogP contribution in [-0.4, -0.2) is 9.45 Å². The lowest BCUT2D eigenvalue weighted by Crippen LogP contribution is -2.24. The molecular weight excluding hydrogens is 227 g/mol. The van der Waals surface area contributed by atoms with E-state index in [0.29, 0.717) is 0 Å². The Kier molecular flexibility index (Phi) is 3.65. The van der Waals surface area contributed by atoms with Gasteiger partial charge in [-0.15, -0.1) is 12.6 Å². The van der Waals surface area contributed by atoms with E-state index < -0.39 is 9.45 Å². The van der Waals surface area contributed by atoms with Crippen molar-refractivity contribution < 1.29 is 4.79 Å². The highest BCUT2D eigenvalue weighted by atomic mass is 35.5. The molecule has 0 spiro atoms. The van der Waals surface area contributed by atoms with Crippen molar-refractivity contribution in [2.24, 2.45) is 0 Å². The van der Waals surface area contributed by atoms with Crippen molar-refractivity contribution in [1.82, 2.24) is 0 Å². The molecule has 0 atom stereocenters. The van der Waals surface area contributed by atoms with Crippen LogP contribution in [0.1, 0.15) is 5.56 Å². The quantitative estimate of drug-likeness (QED) is 0.629. The third-order valence-electron chi connectivity index (χ3n) is 1.58. The average molecular weight is 235 g/mol. The molecule has 0 heterocycles. The van der Waals surface area contributed by atoms with Crippen molar-refractivity contribution in [1.29, 1.82) is 0 Å². The largest absolute Gasteiger partial charge is 0.284 e. The molecule has 0 aromatic heterocycles. The molecule has 0 amide bonds. The van der Waals surface area contributed by atoms with Crippen LogP contribution in [0.2, 0.25) is 0 Å². The third kappa shape index (κ3) is 3.22. The van der Waals surface area contributed by atoms with Gasteiger partial charge in [0.05, 0.1) is 0 Å². The van der Waals surface area contributed by atoms with Gasteiger partial charge >= 0.3 is 0 Å². The monoisotopic (exact) mass is 234 g/mol. The second-order valence-electron chi connectivity index (χ2n) is 2.67. The van der Waals surface area contributed by atoms with Crippen LogP contribution in [-0.2, 0) is 11.2 Å². The van der Waals surface area contributed by atoms with Gasteiger partial charge < -0.3 is 0 Å². The predicted molar refractivity (Wildman–Crippen MR) is 58.6 cm³/mol. The summed E-state index contributed by atoms with van der Waals surface area (Å²) in [5.41, 5.74) is 0.912. The molecule has 1 aromatic carbocycles. The number of benzene rings is 1. The number of hydrogen-bond donors (Lipinski definition) is 1. The highest BCUT2D eigenvalue weighted by molar-refractivity contribution is 7.97. The molecule has 1 nitrogen and oxygen atoms in total. The van der Waals surface area contributed by atoms with Gasteiger partial charge in [0, 0.05) is 6.42 Å². The van der Waals surface area contributed by atoms with Crippen molar-refractivity contribution in [2.45, 2.75) is 10.8 Å². The summed E-state index contributed by atoms with van der Waals surface area (Å²) in [6.45, 7) is 0. The molecule has 0 N–H and O–H groups in total. The lowest BCUT2D eigenvalue weighted by atomic mass is 10.1. The fourth-order valence-corrected chi connectivity index (χ4v) is 1.32. The van der Waals surface area contributed by atoms with Gasteiger partial charge in [0.2, 0.25) is 5.12 Å². The Morgan fingerprint density at radius 2 is 1.85 bits per heavy atom.